The second-order valence-corrected chi connectivity index (χ2v) is 0.869. The van der Waals surface area contributed by atoms with Gasteiger partial charge >= 0.3 is 0 Å². The van der Waals surface area contributed by atoms with E-state index >= 15 is 0 Å². The minimum atomic E-state index is 0.896. The van der Waals surface area contributed by atoms with E-state index in [0.717, 1.165) is 6.42 Å². The van der Waals surface area contributed by atoms with E-state index in [0.29, 0.717) is 0 Å². The van der Waals surface area contributed by atoms with Gasteiger partial charge in [0.15, 0.2) is 0 Å². The maximum atomic E-state index is 7.80. The van der Waals surface area contributed by atoms with Crippen molar-refractivity contribution in [1.82, 2.24) is 0 Å². The van der Waals surface area contributed by atoms with Gasteiger partial charge < -0.3 is 0 Å². The lowest BCUT2D eigenvalue weighted by Gasteiger charge is -1.62. The number of hydrogen-bond acceptors (Lipinski definition) is 1. The van der Waals surface area contributed by atoms with E-state index in [2.05, 4.69) is 6.08 Å². The Hall–Kier alpha value is -0.770. The van der Waals surface area contributed by atoms with Crippen LogP contribution in [0.5, 0.6) is 0 Å². The van der Waals surface area contributed by atoms with Crippen LogP contribution >= 0.6 is 0 Å². The Morgan fingerprint density at radius 2 is 2.50 bits per heavy atom. The van der Waals surface area contributed by atoms with E-state index in [-0.39, 0.29) is 0 Å². The lowest BCUT2D eigenvalue weighted by Crippen LogP contribution is -1.48. The average Bonchev–Trinajstić information content (AvgIpc) is 1.61. The van der Waals surface area contributed by atoms with Crippen molar-refractivity contribution in [2.75, 3.05) is 0 Å². The van der Waals surface area contributed by atoms with Crippen molar-refractivity contribution < 1.29 is 0 Å². The fourth-order valence-electron chi connectivity index (χ4n) is 0.148. The Kier molecular flexibility index (Phi) is 3.69. The van der Waals surface area contributed by atoms with Crippen molar-refractivity contribution in [3.8, 4) is 6.07 Å². The molecule has 0 bridgehead atoms. The van der Waals surface area contributed by atoms with Crippen molar-refractivity contribution >= 4 is 0 Å². The van der Waals surface area contributed by atoms with Gasteiger partial charge in [-0.1, -0.05) is 13.0 Å². The highest BCUT2D eigenvalue weighted by Gasteiger charge is 1.59. The Bertz CT molecular complexity index is 76.4. The van der Waals surface area contributed by atoms with E-state index in [1.807, 2.05) is 6.92 Å². The fraction of sp³-hybridized carbons (Fsp3) is 0.400. The van der Waals surface area contributed by atoms with Gasteiger partial charge in [-0.15, -0.1) is 0 Å². The van der Waals surface area contributed by atoms with Crippen molar-refractivity contribution in [1.29, 1.82) is 5.26 Å². The zero-order chi connectivity index (χ0) is 4.83. The molecule has 0 spiro atoms. The van der Waals surface area contributed by atoms with Crippen molar-refractivity contribution in [3.63, 3.8) is 0 Å². The molecule has 1 nitrogen and oxygen atoms in total. The summed E-state index contributed by atoms with van der Waals surface area (Å²) in [6.45, 7) is 1.96. The summed E-state index contributed by atoms with van der Waals surface area (Å²) in [5.74, 6) is 0. The molecule has 0 amide bonds. The Morgan fingerprint density at radius 1 is 1.83 bits per heavy atom. The van der Waals surface area contributed by atoms with E-state index in [4.69, 9.17) is 5.26 Å². The van der Waals surface area contributed by atoms with Gasteiger partial charge in [-0.25, -0.2) is 0 Å². The number of rotatable bonds is 1. The molecule has 0 heterocycles. The molecule has 0 saturated carbocycles. The summed E-state index contributed by atoms with van der Waals surface area (Å²) >= 11 is 0. The molecule has 31 valence electrons. The van der Waals surface area contributed by atoms with Gasteiger partial charge in [0, 0.05) is 0 Å². The third kappa shape index (κ3) is 3.23. The number of hydrogen-bond donors (Lipinski definition) is 0. The molecular formula is C5H6N. The van der Waals surface area contributed by atoms with Crippen LogP contribution in [0.1, 0.15) is 13.3 Å². The second kappa shape index (κ2) is 4.23. The number of nitrogens with zero attached hydrogens (tertiary/aromatic N) is 1. The third-order valence-electron chi connectivity index (χ3n) is 0.371. The predicted molar refractivity (Wildman–Crippen MR) is 23.7 cm³/mol. The molecule has 6 heavy (non-hydrogen) atoms. The molecule has 0 N–H and O–H groups in total. The summed E-state index contributed by atoms with van der Waals surface area (Å²) < 4.78 is 0. The van der Waals surface area contributed by atoms with Gasteiger partial charge in [-0.2, -0.15) is 5.26 Å². The van der Waals surface area contributed by atoms with Crippen LogP contribution in [0, 0.1) is 17.4 Å². The van der Waals surface area contributed by atoms with Gasteiger partial charge in [-0.05, 0) is 6.42 Å². The topological polar surface area (TPSA) is 23.8 Å². The zero-order valence-electron chi connectivity index (χ0n) is 3.73. The Morgan fingerprint density at radius 3 is 2.67 bits per heavy atom. The fourth-order valence-corrected chi connectivity index (χ4v) is 0.148. The normalized spacial score (nSPS) is 8.67. The monoisotopic (exact) mass is 80.1 g/mol. The molecule has 0 rings (SSSR count). The first-order chi connectivity index (χ1) is 2.91. The molecule has 1 radical (unpaired) electrons. The van der Waals surface area contributed by atoms with Crippen LogP contribution in [-0.4, -0.2) is 0 Å². The Balaban J connectivity index is 3.02. The van der Waals surface area contributed by atoms with Crippen molar-refractivity contribution in [3.05, 3.63) is 12.2 Å². The van der Waals surface area contributed by atoms with Crippen LogP contribution in [0.25, 0.3) is 0 Å². The van der Waals surface area contributed by atoms with Crippen LogP contribution in [0.2, 0.25) is 0 Å². The Labute approximate surface area is 37.9 Å². The van der Waals surface area contributed by atoms with Crippen LogP contribution in [0.15, 0.2) is 6.08 Å². The zero-order valence-corrected chi connectivity index (χ0v) is 3.73. The summed E-state index contributed by atoms with van der Waals surface area (Å²) in [5, 5.41) is 7.80. The first-order valence-electron chi connectivity index (χ1n) is 1.88. The summed E-state index contributed by atoms with van der Waals surface area (Å²) in [4.78, 5) is 0. The van der Waals surface area contributed by atoms with Crippen LogP contribution in [0.4, 0.5) is 0 Å². The van der Waals surface area contributed by atoms with E-state index in [9.17, 15) is 0 Å². The summed E-state index contributed by atoms with van der Waals surface area (Å²) in [5.41, 5.74) is 0. The molecule has 1 heteroatoms. The maximum Gasteiger partial charge on any atom is 0.100 e. The molecule has 0 aromatic rings. The average molecular weight is 80.1 g/mol. The third-order valence-corrected chi connectivity index (χ3v) is 0.371. The van der Waals surface area contributed by atoms with Crippen LogP contribution in [-0.2, 0) is 0 Å². The van der Waals surface area contributed by atoms with E-state index in [1.54, 1.807) is 12.1 Å². The molecule has 0 aliphatic heterocycles. The number of nitriles is 1. The lowest BCUT2D eigenvalue weighted by atomic mass is 10.4. The largest absolute Gasteiger partial charge is 0.192 e. The first kappa shape index (κ1) is 5.23. The standard InChI is InChI=1S/C5H6N/c1-2-3-4-5-6/h3H,2H2,1H3. The highest BCUT2D eigenvalue weighted by atomic mass is 14.2. The summed E-state index contributed by atoms with van der Waals surface area (Å²) in [6, 6.07) is 1.76. The van der Waals surface area contributed by atoms with Crippen LogP contribution < -0.4 is 0 Å². The smallest absolute Gasteiger partial charge is 0.100 e. The highest BCUT2D eigenvalue weighted by molar-refractivity contribution is 4.91. The molecule has 0 aliphatic rings. The van der Waals surface area contributed by atoms with Crippen molar-refractivity contribution in [2.24, 2.45) is 0 Å². The molecule has 0 fully saturated rings. The van der Waals surface area contributed by atoms with E-state index < -0.39 is 0 Å². The predicted octanol–water partition coefficient (Wildman–Crippen LogP) is 1.28. The van der Waals surface area contributed by atoms with Gasteiger partial charge in [-0.3, -0.25) is 0 Å². The molecule has 0 aromatic heterocycles. The molecule has 0 aliphatic carbocycles. The summed E-state index contributed by atoms with van der Waals surface area (Å²) in [7, 11) is 0. The van der Waals surface area contributed by atoms with Gasteiger partial charge in [0.1, 0.15) is 6.07 Å². The SMILES string of the molecule is CC/C=[C]\C#N. The lowest BCUT2D eigenvalue weighted by molar-refractivity contribution is 1.22. The maximum absolute atomic E-state index is 7.80. The molecule has 0 aromatic carbocycles. The van der Waals surface area contributed by atoms with Gasteiger partial charge in [0.2, 0.25) is 0 Å². The van der Waals surface area contributed by atoms with Gasteiger partial charge in [0.25, 0.3) is 0 Å². The summed E-state index contributed by atoms with van der Waals surface area (Å²) in [6.07, 6.45) is 4.97. The molecule has 0 unspecified atom stereocenters. The molecule has 0 saturated heterocycles. The highest BCUT2D eigenvalue weighted by Crippen LogP contribution is 1.72. The minimum absolute atomic E-state index is 0.896. The van der Waals surface area contributed by atoms with Crippen LogP contribution in [0.3, 0.4) is 0 Å². The molecular weight excluding hydrogens is 74.1 g/mol. The first-order valence-corrected chi connectivity index (χ1v) is 1.88. The van der Waals surface area contributed by atoms with E-state index in [1.165, 1.54) is 0 Å². The quantitative estimate of drug-likeness (QED) is 0.435. The number of allylic oxidation sites excluding steroid dienone is 2. The van der Waals surface area contributed by atoms with Gasteiger partial charge in [0.05, 0.1) is 6.08 Å². The minimum Gasteiger partial charge on any atom is -0.192 e. The second-order valence-electron chi connectivity index (χ2n) is 0.869. The van der Waals surface area contributed by atoms with Crippen molar-refractivity contribution in [2.45, 2.75) is 13.3 Å². The molecule has 0 atom stereocenters.